The van der Waals surface area contributed by atoms with Crippen molar-refractivity contribution in [2.24, 2.45) is 0 Å². The summed E-state index contributed by atoms with van der Waals surface area (Å²) in [6.45, 7) is 2.95. The zero-order valence-electron chi connectivity index (χ0n) is 15.3. The number of hydrogen-bond donors (Lipinski definition) is 1. The zero-order valence-corrected chi connectivity index (χ0v) is 16.9. The van der Waals surface area contributed by atoms with E-state index in [0.717, 1.165) is 30.7 Å². The topological polar surface area (TPSA) is 101 Å². The SMILES string of the molecule is CCc1nnc(NC(=O)c2cc(S(=O)(=O)N3CCCCC3)ccc2OC)s1. The molecule has 0 spiro atoms. The molecule has 1 N–H and O–H groups in total. The molecule has 1 fully saturated rings. The number of anilines is 1. The third kappa shape index (κ3) is 4.28. The number of sulfonamides is 1. The van der Waals surface area contributed by atoms with E-state index in [2.05, 4.69) is 15.5 Å². The van der Waals surface area contributed by atoms with Gasteiger partial charge < -0.3 is 4.74 Å². The highest BCUT2D eigenvalue weighted by Gasteiger charge is 2.27. The smallest absolute Gasteiger partial charge is 0.261 e. The lowest BCUT2D eigenvalue weighted by atomic mass is 10.2. The van der Waals surface area contributed by atoms with E-state index < -0.39 is 15.9 Å². The summed E-state index contributed by atoms with van der Waals surface area (Å²) in [6, 6.07) is 4.34. The molecule has 0 bridgehead atoms. The summed E-state index contributed by atoms with van der Waals surface area (Å²) in [5.74, 6) is -0.188. The number of aromatic nitrogens is 2. The number of ether oxygens (including phenoxy) is 1. The summed E-state index contributed by atoms with van der Waals surface area (Å²) in [5.41, 5.74) is 0.142. The molecule has 1 aliphatic heterocycles. The van der Waals surface area contributed by atoms with Crippen LogP contribution >= 0.6 is 11.3 Å². The highest BCUT2D eigenvalue weighted by Crippen LogP contribution is 2.27. The predicted molar refractivity (Wildman–Crippen MR) is 103 cm³/mol. The van der Waals surface area contributed by atoms with Crippen molar-refractivity contribution in [2.75, 3.05) is 25.5 Å². The van der Waals surface area contributed by atoms with Gasteiger partial charge in [0.2, 0.25) is 15.2 Å². The van der Waals surface area contributed by atoms with Crippen molar-refractivity contribution in [2.45, 2.75) is 37.5 Å². The maximum absolute atomic E-state index is 12.9. The minimum atomic E-state index is -3.64. The number of hydrogen-bond acceptors (Lipinski definition) is 7. The van der Waals surface area contributed by atoms with Gasteiger partial charge in [-0.2, -0.15) is 4.31 Å². The Balaban J connectivity index is 1.89. The molecule has 1 aromatic heterocycles. The number of nitrogens with zero attached hydrogens (tertiary/aromatic N) is 3. The number of nitrogens with one attached hydrogen (secondary N) is 1. The van der Waals surface area contributed by atoms with E-state index >= 15 is 0 Å². The van der Waals surface area contributed by atoms with Crippen LogP contribution in [-0.4, -0.2) is 49.0 Å². The lowest BCUT2D eigenvalue weighted by molar-refractivity contribution is 0.102. The molecule has 1 aliphatic rings. The van der Waals surface area contributed by atoms with Crippen LogP contribution in [0.15, 0.2) is 23.1 Å². The van der Waals surface area contributed by atoms with Crippen molar-refractivity contribution in [1.82, 2.24) is 14.5 Å². The van der Waals surface area contributed by atoms with Gasteiger partial charge in [0.05, 0.1) is 17.6 Å². The van der Waals surface area contributed by atoms with E-state index in [9.17, 15) is 13.2 Å². The van der Waals surface area contributed by atoms with E-state index in [1.54, 1.807) is 0 Å². The van der Waals surface area contributed by atoms with Gasteiger partial charge in [-0.25, -0.2) is 8.42 Å². The van der Waals surface area contributed by atoms with Crippen LogP contribution < -0.4 is 10.1 Å². The molecule has 0 aliphatic carbocycles. The highest BCUT2D eigenvalue weighted by atomic mass is 32.2. The third-order valence-electron chi connectivity index (χ3n) is 4.36. The van der Waals surface area contributed by atoms with Crippen LogP contribution in [0.1, 0.15) is 41.6 Å². The molecule has 0 unspecified atom stereocenters. The fourth-order valence-corrected chi connectivity index (χ4v) is 5.11. The molecular formula is C17H22N4O4S2. The Bertz CT molecular complexity index is 921. The van der Waals surface area contributed by atoms with Gasteiger partial charge in [-0.05, 0) is 37.5 Å². The van der Waals surface area contributed by atoms with Crippen LogP contribution in [0.25, 0.3) is 0 Å². The Morgan fingerprint density at radius 2 is 2.00 bits per heavy atom. The molecule has 0 saturated carbocycles. The number of piperidine rings is 1. The standard InChI is InChI=1S/C17H22N4O4S2/c1-3-15-19-20-17(26-15)18-16(22)13-11-12(7-8-14(13)25-2)27(23,24)21-9-5-4-6-10-21/h7-8,11H,3-6,9-10H2,1-2H3,(H,18,20,22). The minimum Gasteiger partial charge on any atom is -0.496 e. The second-order valence-electron chi connectivity index (χ2n) is 6.14. The summed E-state index contributed by atoms with van der Waals surface area (Å²) in [4.78, 5) is 12.8. The summed E-state index contributed by atoms with van der Waals surface area (Å²) in [7, 11) is -2.21. The number of carbonyl (C=O) groups excluding carboxylic acids is 1. The first kappa shape index (κ1) is 19.7. The fourth-order valence-electron chi connectivity index (χ4n) is 2.89. The van der Waals surface area contributed by atoms with E-state index in [0.29, 0.717) is 24.0 Å². The van der Waals surface area contributed by atoms with Gasteiger partial charge >= 0.3 is 0 Å². The number of methoxy groups -OCH3 is 1. The molecule has 1 saturated heterocycles. The van der Waals surface area contributed by atoms with Crippen LogP contribution in [0.5, 0.6) is 5.75 Å². The van der Waals surface area contributed by atoms with Crippen molar-refractivity contribution in [3.05, 3.63) is 28.8 Å². The first-order valence-electron chi connectivity index (χ1n) is 8.77. The largest absolute Gasteiger partial charge is 0.496 e. The lowest BCUT2D eigenvalue weighted by Crippen LogP contribution is -2.35. The molecule has 27 heavy (non-hydrogen) atoms. The molecule has 0 radical (unpaired) electrons. The first-order chi connectivity index (χ1) is 13.0. The average molecular weight is 411 g/mol. The van der Waals surface area contributed by atoms with Crippen molar-refractivity contribution < 1.29 is 17.9 Å². The lowest BCUT2D eigenvalue weighted by Gasteiger charge is -2.26. The van der Waals surface area contributed by atoms with Gasteiger partial charge in [-0.1, -0.05) is 24.7 Å². The number of amides is 1. The van der Waals surface area contributed by atoms with E-state index in [4.69, 9.17) is 4.74 Å². The van der Waals surface area contributed by atoms with E-state index in [1.807, 2.05) is 6.92 Å². The summed E-state index contributed by atoms with van der Waals surface area (Å²) >= 11 is 1.28. The predicted octanol–water partition coefficient (Wildman–Crippen LogP) is 2.54. The van der Waals surface area contributed by atoms with Crippen molar-refractivity contribution >= 4 is 32.4 Å². The minimum absolute atomic E-state index is 0.0851. The maximum atomic E-state index is 12.9. The molecule has 3 rings (SSSR count). The molecule has 8 nitrogen and oxygen atoms in total. The van der Waals surface area contributed by atoms with Crippen molar-refractivity contribution in [3.8, 4) is 5.75 Å². The van der Waals surface area contributed by atoms with Crippen molar-refractivity contribution in [1.29, 1.82) is 0 Å². The molecule has 2 heterocycles. The van der Waals surface area contributed by atoms with Gasteiger partial charge in [0.25, 0.3) is 5.91 Å². The summed E-state index contributed by atoms with van der Waals surface area (Å²) < 4.78 is 32.5. The number of carbonyl (C=O) groups is 1. The monoisotopic (exact) mass is 410 g/mol. The van der Waals surface area contributed by atoms with E-state index in [-0.39, 0.29) is 10.5 Å². The summed E-state index contributed by atoms with van der Waals surface area (Å²) in [5, 5.41) is 11.7. The number of aryl methyl sites for hydroxylation is 1. The normalized spacial score (nSPS) is 15.5. The number of rotatable bonds is 6. The van der Waals surface area contributed by atoms with Crippen LogP contribution in [0.3, 0.4) is 0 Å². The Hall–Kier alpha value is -2.04. The van der Waals surface area contributed by atoms with Gasteiger partial charge in [-0.15, -0.1) is 10.2 Å². The summed E-state index contributed by atoms with van der Waals surface area (Å²) in [6.07, 6.45) is 3.45. The molecule has 10 heteroatoms. The first-order valence-corrected chi connectivity index (χ1v) is 11.0. The Morgan fingerprint density at radius 1 is 1.26 bits per heavy atom. The highest BCUT2D eigenvalue weighted by molar-refractivity contribution is 7.89. The van der Waals surface area contributed by atoms with Crippen LogP contribution in [0, 0.1) is 0 Å². The quantitative estimate of drug-likeness (QED) is 0.785. The maximum Gasteiger partial charge on any atom is 0.261 e. The van der Waals surface area contributed by atoms with Crippen LogP contribution in [0.2, 0.25) is 0 Å². The Labute approximate surface area is 162 Å². The van der Waals surface area contributed by atoms with Gasteiger partial charge in [0.15, 0.2) is 0 Å². The third-order valence-corrected chi connectivity index (χ3v) is 7.24. The van der Waals surface area contributed by atoms with Gasteiger partial charge in [0, 0.05) is 13.1 Å². The molecule has 1 aromatic carbocycles. The molecule has 146 valence electrons. The molecule has 2 aromatic rings. The molecule has 0 atom stereocenters. The second kappa shape index (κ2) is 8.32. The van der Waals surface area contributed by atoms with E-state index in [1.165, 1.54) is 41.0 Å². The average Bonchev–Trinajstić information content (AvgIpc) is 3.15. The van der Waals surface area contributed by atoms with Crippen LogP contribution in [0.4, 0.5) is 5.13 Å². The molecule has 1 amide bonds. The zero-order chi connectivity index (χ0) is 19.4. The Kier molecular flexibility index (Phi) is 6.08. The van der Waals surface area contributed by atoms with Gasteiger partial charge in [0.1, 0.15) is 10.8 Å². The van der Waals surface area contributed by atoms with Crippen molar-refractivity contribution in [3.63, 3.8) is 0 Å². The van der Waals surface area contributed by atoms with Crippen LogP contribution in [-0.2, 0) is 16.4 Å². The second-order valence-corrected chi connectivity index (χ2v) is 9.14. The molecular weight excluding hydrogens is 388 g/mol. The van der Waals surface area contributed by atoms with Gasteiger partial charge in [-0.3, -0.25) is 10.1 Å². The Morgan fingerprint density at radius 3 is 2.63 bits per heavy atom. The number of benzene rings is 1. The fraction of sp³-hybridized carbons (Fsp3) is 0.471.